The van der Waals surface area contributed by atoms with Crippen LogP contribution in [0.4, 0.5) is 0 Å². The highest BCUT2D eigenvalue weighted by Crippen LogP contribution is 2.29. The number of carbonyl (C=O) groups excluding carboxylic acids is 4. The Labute approximate surface area is 175 Å². The number of benzene rings is 1. The minimum Gasteiger partial charge on any atom is -0.461 e. The SMILES string of the molecule is CC(=O)Oc1ccc(C[C@H](N)C(=O)OC[C@H](C)OC(=O)CC(C)C)cc1OC(C)=O. The van der Waals surface area contributed by atoms with Gasteiger partial charge in [0, 0.05) is 20.3 Å². The molecular weight excluding hydrogens is 394 g/mol. The molecule has 2 N–H and O–H groups in total. The monoisotopic (exact) mass is 423 g/mol. The first kappa shape index (κ1) is 25.1. The molecule has 1 aromatic rings. The van der Waals surface area contributed by atoms with Crippen molar-refractivity contribution in [2.24, 2.45) is 11.7 Å². The Morgan fingerprint density at radius 2 is 1.57 bits per heavy atom. The Balaban J connectivity index is 2.66. The van der Waals surface area contributed by atoms with Gasteiger partial charge >= 0.3 is 23.9 Å². The van der Waals surface area contributed by atoms with Crippen LogP contribution in [-0.4, -0.2) is 42.6 Å². The lowest BCUT2D eigenvalue weighted by atomic mass is 10.1. The van der Waals surface area contributed by atoms with E-state index in [2.05, 4.69) is 0 Å². The molecule has 0 fully saturated rings. The summed E-state index contributed by atoms with van der Waals surface area (Å²) in [5.74, 6) is -1.89. The molecule has 0 aliphatic rings. The van der Waals surface area contributed by atoms with Gasteiger partial charge in [0.2, 0.25) is 0 Å². The number of hydrogen-bond donors (Lipinski definition) is 1. The van der Waals surface area contributed by atoms with Gasteiger partial charge in [0.05, 0.1) is 0 Å². The number of nitrogens with two attached hydrogens (primary N) is 1. The van der Waals surface area contributed by atoms with Crippen LogP contribution in [0.25, 0.3) is 0 Å². The molecule has 1 aromatic carbocycles. The van der Waals surface area contributed by atoms with Gasteiger partial charge in [0.1, 0.15) is 18.8 Å². The molecule has 1 rings (SSSR count). The molecular formula is C21H29NO8. The maximum Gasteiger partial charge on any atom is 0.323 e. The number of ether oxygens (including phenoxy) is 4. The van der Waals surface area contributed by atoms with E-state index < -0.39 is 30.1 Å². The van der Waals surface area contributed by atoms with Crippen molar-refractivity contribution in [2.45, 2.75) is 59.6 Å². The smallest absolute Gasteiger partial charge is 0.323 e. The van der Waals surface area contributed by atoms with Crippen LogP contribution in [0.5, 0.6) is 11.5 Å². The van der Waals surface area contributed by atoms with E-state index in [1.165, 1.54) is 26.0 Å². The van der Waals surface area contributed by atoms with Crippen molar-refractivity contribution in [1.29, 1.82) is 0 Å². The van der Waals surface area contributed by atoms with Crippen LogP contribution in [0.3, 0.4) is 0 Å². The molecule has 0 unspecified atom stereocenters. The molecule has 2 atom stereocenters. The average molecular weight is 423 g/mol. The zero-order valence-corrected chi connectivity index (χ0v) is 17.9. The lowest BCUT2D eigenvalue weighted by molar-refractivity contribution is -0.159. The van der Waals surface area contributed by atoms with E-state index in [1.807, 2.05) is 13.8 Å². The number of esters is 4. The van der Waals surface area contributed by atoms with E-state index in [-0.39, 0.29) is 42.8 Å². The molecule has 0 aromatic heterocycles. The summed E-state index contributed by atoms with van der Waals surface area (Å²) < 4.78 is 20.3. The second-order valence-corrected chi connectivity index (χ2v) is 7.31. The Morgan fingerprint density at radius 3 is 2.13 bits per heavy atom. The second-order valence-electron chi connectivity index (χ2n) is 7.31. The van der Waals surface area contributed by atoms with Crippen LogP contribution in [0, 0.1) is 5.92 Å². The van der Waals surface area contributed by atoms with Crippen molar-refractivity contribution in [1.82, 2.24) is 0 Å². The summed E-state index contributed by atoms with van der Waals surface area (Å²) in [5.41, 5.74) is 6.47. The van der Waals surface area contributed by atoms with Crippen LogP contribution in [0.1, 0.15) is 46.6 Å². The molecule has 0 bridgehead atoms. The Bertz CT molecular complexity index is 774. The van der Waals surface area contributed by atoms with Gasteiger partial charge in [0.25, 0.3) is 0 Å². The van der Waals surface area contributed by atoms with E-state index >= 15 is 0 Å². The standard InChI is InChI=1S/C21H29NO8/c1-12(2)8-20(25)28-13(3)11-27-21(26)17(22)9-16-6-7-18(29-14(4)23)19(10-16)30-15(5)24/h6-7,10,12-13,17H,8-9,11,22H2,1-5H3/t13-,17-/m0/s1. The maximum absolute atomic E-state index is 12.1. The topological polar surface area (TPSA) is 131 Å². The summed E-state index contributed by atoms with van der Waals surface area (Å²) in [5, 5.41) is 0. The van der Waals surface area contributed by atoms with Crippen LogP contribution < -0.4 is 15.2 Å². The normalized spacial score (nSPS) is 12.6. The van der Waals surface area contributed by atoms with Gasteiger partial charge in [0.15, 0.2) is 11.5 Å². The van der Waals surface area contributed by atoms with Crippen molar-refractivity contribution in [2.75, 3.05) is 6.61 Å². The highest BCUT2D eigenvalue weighted by atomic mass is 16.6. The molecule has 9 heteroatoms. The van der Waals surface area contributed by atoms with Crippen molar-refractivity contribution in [3.8, 4) is 11.5 Å². The quantitative estimate of drug-likeness (QED) is 0.443. The van der Waals surface area contributed by atoms with E-state index in [0.29, 0.717) is 5.56 Å². The van der Waals surface area contributed by atoms with E-state index in [0.717, 1.165) is 0 Å². The minimum absolute atomic E-state index is 0.0430. The highest BCUT2D eigenvalue weighted by Gasteiger charge is 2.20. The molecule has 0 aliphatic carbocycles. The van der Waals surface area contributed by atoms with Crippen LogP contribution >= 0.6 is 0 Å². The first-order valence-electron chi connectivity index (χ1n) is 9.59. The summed E-state index contributed by atoms with van der Waals surface area (Å²) >= 11 is 0. The van der Waals surface area contributed by atoms with Crippen molar-refractivity contribution < 1.29 is 38.1 Å². The van der Waals surface area contributed by atoms with Gasteiger partial charge in [-0.2, -0.15) is 0 Å². The molecule has 0 heterocycles. The van der Waals surface area contributed by atoms with Crippen LogP contribution in [0.15, 0.2) is 18.2 Å². The lowest BCUT2D eigenvalue weighted by Crippen LogP contribution is -2.36. The predicted molar refractivity (Wildman–Crippen MR) is 107 cm³/mol. The summed E-state index contributed by atoms with van der Waals surface area (Å²) in [6.07, 6.45) is -0.216. The van der Waals surface area contributed by atoms with Crippen LogP contribution in [-0.2, 0) is 35.1 Å². The third-order valence-corrected chi connectivity index (χ3v) is 3.64. The fourth-order valence-electron chi connectivity index (χ4n) is 2.44. The lowest BCUT2D eigenvalue weighted by Gasteiger charge is -2.17. The molecule has 9 nitrogen and oxygen atoms in total. The molecule has 0 radical (unpaired) electrons. The first-order chi connectivity index (χ1) is 14.0. The van der Waals surface area contributed by atoms with Crippen LogP contribution in [0.2, 0.25) is 0 Å². The molecule has 0 saturated carbocycles. The van der Waals surface area contributed by atoms with Gasteiger partial charge in [-0.1, -0.05) is 19.9 Å². The summed E-state index contributed by atoms with van der Waals surface area (Å²) in [6.45, 7) is 7.74. The van der Waals surface area contributed by atoms with Gasteiger partial charge in [-0.05, 0) is 37.0 Å². The van der Waals surface area contributed by atoms with Gasteiger partial charge in [-0.3, -0.25) is 19.2 Å². The third-order valence-electron chi connectivity index (χ3n) is 3.64. The molecule has 0 aliphatic heterocycles. The molecule has 0 spiro atoms. The molecule has 0 amide bonds. The highest BCUT2D eigenvalue weighted by molar-refractivity contribution is 5.76. The zero-order valence-electron chi connectivity index (χ0n) is 17.9. The number of carbonyl (C=O) groups is 4. The Hall–Kier alpha value is -2.94. The zero-order chi connectivity index (χ0) is 22.8. The summed E-state index contributed by atoms with van der Waals surface area (Å²) in [7, 11) is 0. The van der Waals surface area contributed by atoms with E-state index in [9.17, 15) is 19.2 Å². The molecule has 30 heavy (non-hydrogen) atoms. The fourth-order valence-corrected chi connectivity index (χ4v) is 2.44. The van der Waals surface area contributed by atoms with Gasteiger partial charge in [-0.25, -0.2) is 0 Å². The van der Waals surface area contributed by atoms with E-state index in [1.54, 1.807) is 13.0 Å². The fraction of sp³-hybridized carbons (Fsp3) is 0.524. The largest absolute Gasteiger partial charge is 0.461 e. The number of hydrogen-bond acceptors (Lipinski definition) is 9. The Morgan fingerprint density at radius 1 is 0.967 bits per heavy atom. The number of rotatable bonds is 10. The van der Waals surface area contributed by atoms with Gasteiger partial charge < -0.3 is 24.7 Å². The van der Waals surface area contributed by atoms with E-state index in [4.69, 9.17) is 24.7 Å². The van der Waals surface area contributed by atoms with Gasteiger partial charge in [-0.15, -0.1) is 0 Å². The average Bonchev–Trinajstić information content (AvgIpc) is 2.60. The van der Waals surface area contributed by atoms with Crippen molar-refractivity contribution in [3.63, 3.8) is 0 Å². The second kappa shape index (κ2) is 11.9. The first-order valence-corrected chi connectivity index (χ1v) is 9.59. The minimum atomic E-state index is -0.992. The van der Waals surface area contributed by atoms with Crippen molar-refractivity contribution in [3.05, 3.63) is 23.8 Å². The maximum atomic E-state index is 12.1. The summed E-state index contributed by atoms with van der Waals surface area (Å²) in [4.78, 5) is 46.2. The van der Waals surface area contributed by atoms with Crippen molar-refractivity contribution >= 4 is 23.9 Å². The molecule has 166 valence electrons. The predicted octanol–water partition coefficient (Wildman–Crippen LogP) is 1.93. The summed E-state index contributed by atoms with van der Waals surface area (Å²) in [6, 6.07) is 3.51. The third kappa shape index (κ3) is 9.51. The molecule has 0 saturated heterocycles. The Kier molecular flexibility index (Phi) is 9.97.